The molecule has 0 amide bonds. The Morgan fingerprint density at radius 1 is 1.29 bits per heavy atom. The SMILES string of the molecule is N#CCCCSc1n[nH]c(-c2ccccc2)n1. The van der Waals surface area contributed by atoms with E-state index >= 15 is 0 Å². The maximum atomic E-state index is 8.42. The summed E-state index contributed by atoms with van der Waals surface area (Å²) in [4.78, 5) is 4.39. The van der Waals surface area contributed by atoms with Gasteiger partial charge in [0.15, 0.2) is 5.82 Å². The molecule has 0 saturated heterocycles. The highest BCUT2D eigenvalue weighted by Gasteiger charge is 2.04. The summed E-state index contributed by atoms with van der Waals surface area (Å²) < 4.78 is 0. The van der Waals surface area contributed by atoms with Gasteiger partial charge in [0.2, 0.25) is 5.16 Å². The van der Waals surface area contributed by atoms with E-state index in [1.807, 2.05) is 30.3 Å². The molecule has 0 atom stereocenters. The summed E-state index contributed by atoms with van der Waals surface area (Å²) in [5.74, 6) is 1.66. The van der Waals surface area contributed by atoms with E-state index in [9.17, 15) is 0 Å². The van der Waals surface area contributed by atoms with Gasteiger partial charge in [-0.1, -0.05) is 42.1 Å². The number of aromatic amines is 1. The summed E-state index contributed by atoms with van der Waals surface area (Å²) in [6.45, 7) is 0. The molecule has 1 aromatic heterocycles. The third kappa shape index (κ3) is 3.33. The molecule has 0 aliphatic carbocycles. The van der Waals surface area contributed by atoms with Crippen LogP contribution in [0.3, 0.4) is 0 Å². The van der Waals surface area contributed by atoms with Gasteiger partial charge in [-0.3, -0.25) is 5.10 Å². The lowest BCUT2D eigenvalue weighted by Gasteiger charge is -1.93. The molecule has 0 spiro atoms. The van der Waals surface area contributed by atoms with Crippen molar-refractivity contribution >= 4 is 11.8 Å². The highest BCUT2D eigenvalue weighted by atomic mass is 32.2. The number of nitriles is 1. The smallest absolute Gasteiger partial charge is 0.208 e. The van der Waals surface area contributed by atoms with Crippen LogP contribution in [0.4, 0.5) is 0 Å². The summed E-state index contributed by atoms with van der Waals surface area (Å²) in [7, 11) is 0. The van der Waals surface area contributed by atoms with E-state index in [0.717, 1.165) is 28.7 Å². The first kappa shape index (κ1) is 11.7. The van der Waals surface area contributed by atoms with E-state index in [2.05, 4.69) is 21.3 Å². The van der Waals surface area contributed by atoms with Crippen LogP contribution in [0, 0.1) is 11.3 Å². The van der Waals surface area contributed by atoms with Crippen LogP contribution in [0.25, 0.3) is 11.4 Å². The highest BCUT2D eigenvalue weighted by Crippen LogP contribution is 2.19. The number of H-pyrrole nitrogens is 1. The van der Waals surface area contributed by atoms with E-state index in [1.165, 1.54) is 0 Å². The molecule has 0 saturated carbocycles. The Bertz CT molecular complexity index is 501. The first-order valence-corrected chi connectivity index (χ1v) is 6.36. The molecular formula is C12H12N4S. The minimum atomic E-state index is 0.586. The third-order valence-electron chi connectivity index (χ3n) is 2.18. The van der Waals surface area contributed by atoms with Crippen molar-refractivity contribution in [1.29, 1.82) is 5.26 Å². The van der Waals surface area contributed by atoms with Gasteiger partial charge < -0.3 is 0 Å². The molecule has 0 unspecified atom stereocenters. The van der Waals surface area contributed by atoms with Crippen LogP contribution >= 0.6 is 11.8 Å². The van der Waals surface area contributed by atoms with Crippen molar-refractivity contribution in [1.82, 2.24) is 15.2 Å². The van der Waals surface area contributed by atoms with Crippen molar-refractivity contribution in [3.05, 3.63) is 30.3 Å². The minimum Gasteiger partial charge on any atom is -0.258 e. The van der Waals surface area contributed by atoms with Crippen LogP contribution in [0.5, 0.6) is 0 Å². The summed E-state index contributed by atoms with van der Waals surface area (Å²) in [5.41, 5.74) is 1.03. The lowest BCUT2D eigenvalue weighted by molar-refractivity contribution is 0.950. The van der Waals surface area contributed by atoms with Crippen LogP contribution in [-0.4, -0.2) is 20.9 Å². The summed E-state index contributed by atoms with van der Waals surface area (Å²) in [5, 5.41) is 16.2. The lowest BCUT2D eigenvalue weighted by Crippen LogP contribution is -1.81. The Labute approximate surface area is 104 Å². The molecule has 2 aromatic rings. The molecule has 0 aliphatic rings. The number of benzene rings is 1. The molecule has 0 aliphatic heterocycles. The molecule has 0 bridgehead atoms. The topological polar surface area (TPSA) is 65.4 Å². The fourth-order valence-corrected chi connectivity index (χ4v) is 2.09. The first-order valence-electron chi connectivity index (χ1n) is 5.38. The van der Waals surface area contributed by atoms with Crippen LogP contribution in [0.2, 0.25) is 0 Å². The standard InChI is InChI=1S/C12H12N4S/c13-8-4-5-9-17-12-14-11(15-16-12)10-6-2-1-3-7-10/h1-3,6-7H,4-5,9H2,(H,14,15,16). The van der Waals surface area contributed by atoms with Gasteiger partial charge in [-0.15, -0.1) is 5.10 Å². The molecule has 4 nitrogen and oxygen atoms in total. The van der Waals surface area contributed by atoms with Gasteiger partial charge in [0.25, 0.3) is 0 Å². The van der Waals surface area contributed by atoms with Crippen molar-refractivity contribution in [2.75, 3.05) is 5.75 Å². The Kier molecular flexibility index (Phi) is 4.17. The van der Waals surface area contributed by atoms with E-state index in [-0.39, 0.29) is 0 Å². The van der Waals surface area contributed by atoms with E-state index in [0.29, 0.717) is 6.42 Å². The molecular weight excluding hydrogens is 232 g/mol. The fraction of sp³-hybridized carbons (Fsp3) is 0.250. The van der Waals surface area contributed by atoms with Crippen molar-refractivity contribution in [2.45, 2.75) is 18.0 Å². The molecule has 1 heterocycles. The largest absolute Gasteiger partial charge is 0.258 e. The molecule has 1 aromatic carbocycles. The molecule has 2 rings (SSSR count). The van der Waals surface area contributed by atoms with Crippen molar-refractivity contribution in [2.24, 2.45) is 0 Å². The van der Waals surface area contributed by atoms with Gasteiger partial charge in [0.1, 0.15) is 0 Å². The summed E-state index contributed by atoms with van der Waals surface area (Å²) >= 11 is 1.57. The molecule has 1 N–H and O–H groups in total. The predicted molar refractivity (Wildman–Crippen MR) is 67.4 cm³/mol. The van der Waals surface area contributed by atoms with E-state index < -0.39 is 0 Å². The normalized spacial score (nSPS) is 10.1. The summed E-state index contributed by atoms with van der Waals surface area (Å²) in [6.07, 6.45) is 1.46. The van der Waals surface area contributed by atoms with Crippen molar-refractivity contribution in [3.63, 3.8) is 0 Å². The Balaban J connectivity index is 1.95. The number of unbranched alkanes of at least 4 members (excludes halogenated alkanes) is 1. The summed E-state index contributed by atoms with van der Waals surface area (Å²) in [6, 6.07) is 12.0. The van der Waals surface area contributed by atoms with Crippen LogP contribution in [-0.2, 0) is 0 Å². The number of rotatable bonds is 5. The number of hydrogen-bond acceptors (Lipinski definition) is 4. The quantitative estimate of drug-likeness (QED) is 0.648. The van der Waals surface area contributed by atoms with Gasteiger partial charge in [-0.05, 0) is 6.42 Å². The monoisotopic (exact) mass is 244 g/mol. The van der Waals surface area contributed by atoms with Gasteiger partial charge in [-0.2, -0.15) is 5.26 Å². The molecule has 86 valence electrons. The number of hydrogen-bond donors (Lipinski definition) is 1. The fourth-order valence-electron chi connectivity index (χ4n) is 1.35. The van der Waals surface area contributed by atoms with E-state index in [4.69, 9.17) is 5.26 Å². The van der Waals surface area contributed by atoms with Gasteiger partial charge in [-0.25, -0.2) is 4.98 Å². The van der Waals surface area contributed by atoms with Gasteiger partial charge in [0, 0.05) is 17.7 Å². The number of aromatic nitrogens is 3. The second kappa shape index (κ2) is 6.06. The zero-order valence-electron chi connectivity index (χ0n) is 9.26. The molecule has 0 fully saturated rings. The zero-order valence-corrected chi connectivity index (χ0v) is 10.1. The van der Waals surface area contributed by atoms with Crippen LogP contribution in [0.15, 0.2) is 35.5 Å². The minimum absolute atomic E-state index is 0.586. The lowest BCUT2D eigenvalue weighted by atomic mass is 10.2. The second-order valence-corrected chi connectivity index (χ2v) is 4.50. The second-order valence-electron chi connectivity index (χ2n) is 3.44. The van der Waals surface area contributed by atoms with Crippen molar-refractivity contribution in [3.8, 4) is 17.5 Å². The Morgan fingerprint density at radius 3 is 2.88 bits per heavy atom. The maximum absolute atomic E-state index is 8.42. The number of nitrogens with zero attached hydrogens (tertiary/aromatic N) is 3. The number of thioether (sulfide) groups is 1. The Morgan fingerprint density at radius 2 is 2.12 bits per heavy atom. The zero-order chi connectivity index (χ0) is 11.9. The van der Waals surface area contributed by atoms with Crippen molar-refractivity contribution < 1.29 is 0 Å². The average Bonchev–Trinajstić information content (AvgIpc) is 2.85. The van der Waals surface area contributed by atoms with Crippen LogP contribution < -0.4 is 0 Å². The number of nitrogens with one attached hydrogen (secondary N) is 1. The highest BCUT2D eigenvalue weighted by molar-refractivity contribution is 7.99. The molecule has 5 heteroatoms. The Hall–Kier alpha value is -1.80. The maximum Gasteiger partial charge on any atom is 0.208 e. The van der Waals surface area contributed by atoms with Gasteiger partial charge in [0.05, 0.1) is 6.07 Å². The van der Waals surface area contributed by atoms with Crippen LogP contribution in [0.1, 0.15) is 12.8 Å². The first-order chi connectivity index (χ1) is 8.40. The molecule has 17 heavy (non-hydrogen) atoms. The van der Waals surface area contributed by atoms with Gasteiger partial charge >= 0.3 is 0 Å². The molecule has 0 radical (unpaired) electrons. The third-order valence-corrected chi connectivity index (χ3v) is 3.11. The predicted octanol–water partition coefficient (Wildman–Crippen LogP) is 2.87. The average molecular weight is 244 g/mol. The van der Waals surface area contributed by atoms with E-state index in [1.54, 1.807) is 11.8 Å².